The van der Waals surface area contributed by atoms with Gasteiger partial charge in [-0.2, -0.15) is 0 Å². The molecule has 0 spiro atoms. The van der Waals surface area contributed by atoms with Crippen LogP contribution in [0.3, 0.4) is 0 Å². The van der Waals surface area contributed by atoms with E-state index in [2.05, 4.69) is 5.92 Å². The molecule has 0 N–H and O–H groups in total. The van der Waals surface area contributed by atoms with Gasteiger partial charge in [-0.3, -0.25) is 4.79 Å². The molecule has 3 heteroatoms. The quantitative estimate of drug-likeness (QED) is 0.574. The minimum absolute atomic E-state index is 0.0770. The first kappa shape index (κ1) is 11.0. The predicted octanol–water partition coefficient (Wildman–Crippen LogP) is 0.503. The third kappa shape index (κ3) is 4.75. The zero-order chi connectivity index (χ0) is 9.56. The van der Waals surface area contributed by atoms with Gasteiger partial charge in [0, 0.05) is 7.05 Å². The van der Waals surface area contributed by atoms with E-state index in [1.807, 2.05) is 13.8 Å². The summed E-state index contributed by atoms with van der Waals surface area (Å²) in [6.45, 7) is 4.21. The van der Waals surface area contributed by atoms with Gasteiger partial charge in [0.15, 0.2) is 0 Å². The normalized spacial score (nSPS) is 9.58. The van der Waals surface area contributed by atoms with Crippen LogP contribution in [-0.2, 0) is 9.53 Å². The fraction of sp³-hybridized carbons (Fsp3) is 0.667. The van der Waals surface area contributed by atoms with E-state index in [9.17, 15) is 4.79 Å². The molecule has 3 nitrogen and oxygen atoms in total. The van der Waals surface area contributed by atoms with Crippen LogP contribution < -0.4 is 0 Å². The summed E-state index contributed by atoms with van der Waals surface area (Å²) in [5.41, 5.74) is 0. The Kier molecular flexibility index (Phi) is 5.14. The molecule has 0 aromatic rings. The number of hydrogen-bond acceptors (Lipinski definition) is 2. The Bertz CT molecular complexity index is 181. The molecule has 0 aliphatic rings. The molecule has 0 aliphatic carbocycles. The Morgan fingerprint density at radius 2 is 2.25 bits per heavy atom. The molecule has 0 heterocycles. The number of nitrogens with zero attached hydrogens (tertiary/aromatic N) is 1. The van der Waals surface area contributed by atoms with Gasteiger partial charge < -0.3 is 9.64 Å². The highest BCUT2D eigenvalue weighted by Gasteiger charge is 2.07. The number of likely N-dealkylation sites (N-methyl/N-ethyl adjacent to an activating group) is 1. The van der Waals surface area contributed by atoms with Gasteiger partial charge in [-0.1, -0.05) is 5.92 Å². The van der Waals surface area contributed by atoms with Crippen molar-refractivity contribution in [2.75, 3.05) is 20.2 Å². The molecule has 68 valence electrons. The summed E-state index contributed by atoms with van der Waals surface area (Å²) in [5, 5.41) is 0. The van der Waals surface area contributed by atoms with Gasteiger partial charge in [0.2, 0.25) is 5.91 Å². The summed E-state index contributed by atoms with van der Waals surface area (Å²) in [6, 6.07) is 0. The second-order valence-electron chi connectivity index (χ2n) is 2.81. The average Bonchev–Trinajstić information content (AvgIpc) is 2.00. The van der Waals surface area contributed by atoms with Crippen LogP contribution in [0.15, 0.2) is 0 Å². The lowest BCUT2D eigenvalue weighted by atomic mass is 10.4. The maximum atomic E-state index is 11.1. The van der Waals surface area contributed by atoms with Crippen LogP contribution in [0, 0.1) is 12.3 Å². The van der Waals surface area contributed by atoms with Crippen molar-refractivity contribution in [3.8, 4) is 12.3 Å². The summed E-state index contributed by atoms with van der Waals surface area (Å²) in [7, 11) is 1.66. The van der Waals surface area contributed by atoms with Gasteiger partial charge in [-0.25, -0.2) is 0 Å². The highest BCUT2D eigenvalue weighted by atomic mass is 16.5. The largest absolute Gasteiger partial charge is 0.369 e. The third-order valence-electron chi connectivity index (χ3n) is 1.29. The lowest BCUT2D eigenvalue weighted by molar-refractivity contribution is -0.135. The first-order valence-electron chi connectivity index (χ1n) is 3.87. The first-order chi connectivity index (χ1) is 5.57. The molecule has 0 saturated carbocycles. The van der Waals surface area contributed by atoms with E-state index in [0.29, 0.717) is 6.54 Å². The van der Waals surface area contributed by atoms with E-state index in [4.69, 9.17) is 11.2 Å². The minimum Gasteiger partial charge on any atom is -0.369 e. The van der Waals surface area contributed by atoms with Crippen molar-refractivity contribution in [3.05, 3.63) is 0 Å². The number of terminal acetylenes is 1. The van der Waals surface area contributed by atoms with E-state index in [1.165, 1.54) is 4.90 Å². The fourth-order valence-corrected chi connectivity index (χ4v) is 0.573. The highest BCUT2D eigenvalue weighted by Crippen LogP contribution is 1.90. The molecule has 0 saturated heterocycles. The van der Waals surface area contributed by atoms with Crippen LogP contribution in [-0.4, -0.2) is 37.1 Å². The van der Waals surface area contributed by atoms with Gasteiger partial charge >= 0.3 is 0 Å². The van der Waals surface area contributed by atoms with Crippen molar-refractivity contribution in [1.29, 1.82) is 0 Å². The second kappa shape index (κ2) is 5.62. The van der Waals surface area contributed by atoms with E-state index in [1.54, 1.807) is 7.05 Å². The number of carbonyl (C=O) groups excluding carboxylic acids is 1. The lowest BCUT2D eigenvalue weighted by Gasteiger charge is -2.14. The molecular formula is C9H15NO2. The van der Waals surface area contributed by atoms with Crippen molar-refractivity contribution < 1.29 is 9.53 Å². The third-order valence-corrected chi connectivity index (χ3v) is 1.29. The van der Waals surface area contributed by atoms with E-state index < -0.39 is 0 Å². The Balaban J connectivity index is 3.66. The molecule has 0 bridgehead atoms. The van der Waals surface area contributed by atoms with E-state index >= 15 is 0 Å². The molecular weight excluding hydrogens is 154 g/mol. The molecule has 0 aromatic carbocycles. The maximum absolute atomic E-state index is 11.1. The minimum atomic E-state index is -0.0818. The van der Waals surface area contributed by atoms with Gasteiger partial charge in [-0.15, -0.1) is 6.42 Å². The average molecular weight is 169 g/mol. The summed E-state index contributed by atoms with van der Waals surface area (Å²) in [5.74, 6) is 2.30. The predicted molar refractivity (Wildman–Crippen MR) is 47.6 cm³/mol. The van der Waals surface area contributed by atoms with Crippen molar-refractivity contribution in [2.24, 2.45) is 0 Å². The van der Waals surface area contributed by atoms with Gasteiger partial charge in [0.05, 0.1) is 12.6 Å². The SMILES string of the molecule is C#CCN(C)C(=O)COC(C)C. The second-order valence-corrected chi connectivity index (χ2v) is 2.81. The molecule has 0 atom stereocenters. The zero-order valence-corrected chi connectivity index (χ0v) is 7.83. The molecule has 1 amide bonds. The maximum Gasteiger partial charge on any atom is 0.249 e. The van der Waals surface area contributed by atoms with Crippen molar-refractivity contribution in [1.82, 2.24) is 4.90 Å². The standard InChI is InChI=1S/C9H15NO2/c1-5-6-10(4)9(11)7-12-8(2)3/h1,8H,6-7H2,2-4H3. The van der Waals surface area contributed by atoms with Crippen LogP contribution in [0.5, 0.6) is 0 Å². The zero-order valence-electron chi connectivity index (χ0n) is 7.83. The molecule has 0 aliphatic heterocycles. The van der Waals surface area contributed by atoms with Gasteiger partial charge in [0.1, 0.15) is 6.61 Å². The Hall–Kier alpha value is -1.01. The Morgan fingerprint density at radius 1 is 1.67 bits per heavy atom. The molecule has 12 heavy (non-hydrogen) atoms. The summed E-state index contributed by atoms with van der Waals surface area (Å²) >= 11 is 0. The number of rotatable bonds is 4. The molecule has 0 unspecified atom stereocenters. The van der Waals surface area contributed by atoms with Gasteiger partial charge in [-0.05, 0) is 13.8 Å². The summed E-state index contributed by atoms with van der Waals surface area (Å²) in [4.78, 5) is 12.6. The molecule has 0 fully saturated rings. The topological polar surface area (TPSA) is 29.5 Å². The number of hydrogen-bond donors (Lipinski definition) is 0. The Morgan fingerprint density at radius 3 is 2.67 bits per heavy atom. The van der Waals surface area contributed by atoms with Crippen LogP contribution in [0.4, 0.5) is 0 Å². The number of ether oxygens (including phenoxy) is 1. The number of amides is 1. The van der Waals surface area contributed by atoms with Crippen molar-refractivity contribution in [3.63, 3.8) is 0 Å². The van der Waals surface area contributed by atoms with E-state index in [0.717, 1.165) is 0 Å². The Labute approximate surface area is 73.7 Å². The fourth-order valence-electron chi connectivity index (χ4n) is 0.573. The van der Waals surface area contributed by atoms with Crippen LogP contribution in [0.2, 0.25) is 0 Å². The first-order valence-corrected chi connectivity index (χ1v) is 3.87. The van der Waals surface area contributed by atoms with E-state index in [-0.39, 0.29) is 18.6 Å². The van der Waals surface area contributed by atoms with Crippen LogP contribution in [0.1, 0.15) is 13.8 Å². The van der Waals surface area contributed by atoms with Gasteiger partial charge in [0.25, 0.3) is 0 Å². The highest BCUT2D eigenvalue weighted by molar-refractivity contribution is 5.77. The molecule has 0 radical (unpaired) electrons. The van der Waals surface area contributed by atoms with Crippen LogP contribution in [0.25, 0.3) is 0 Å². The summed E-state index contributed by atoms with van der Waals surface area (Å²) in [6.07, 6.45) is 5.12. The van der Waals surface area contributed by atoms with Crippen molar-refractivity contribution in [2.45, 2.75) is 20.0 Å². The molecule has 0 aromatic heterocycles. The lowest BCUT2D eigenvalue weighted by Crippen LogP contribution is -2.31. The smallest absolute Gasteiger partial charge is 0.249 e. The monoisotopic (exact) mass is 169 g/mol. The summed E-state index contributed by atoms with van der Waals surface area (Å²) < 4.78 is 5.11. The molecule has 0 rings (SSSR count). The van der Waals surface area contributed by atoms with Crippen LogP contribution >= 0.6 is 0 Å². The van der Waals surface area contributed by atoms with Crippen molar-refractivity contribution >= 4 is 5.91 Å². The number of carbonyl (C=O) groups is 1.